The molecule has 1 saturated carbocycles. The van der Waals surface area contributed by atoms with Crippen molar-refractivity contribution in [3.63, 3.8) is 0 Å². The molecule has 3 aromatic rings. The summed E-state index contributed by atoms with van der Waals surface area (Å²) in [4.78, 5) is 43.8. The smallest absolute Gasteiger partial charge is 0.312 e. The van der Waals surface area contributed by atoms with Crippen LogP contribution >= 0.6 is 0 Å². The van der Waals surface area contributed by atoms with Crippen molar-refractivity contribution >= 4 is 40.6 Å². The number of amides is 3. The molecule has 13 nitrogen and oxygen atoms in total. The molecule has 3 aromatic heterocycles. The number of morpholine rings is 1. The number of aromatic nitrogens is 5. The maximum atomic E-state index is 12.7. The zero-order valence-electron chi connectivity index (χ0n) is 20.7. The highest BCUT2D eigenvalue weighted by Crippen LogP contribution is 2.33. The minimum Gasteiger partial charge on any atom is -0.378 e. The molecule has 0 unspecified atom stereocenters. The van der Waals surface area contributed by atoms with Gasteiger partial charge in [-0.2, -0.15) is 9.97 Å². The fourth-order valence-corrected chi connectivity index (χ4v) is 4.69. The van der Waals surface area contributed by atoms with E-state index in [9.17, 15) is 9.59 Å². The van der Waals surface area contributed by atoms with Crippen LogP contribution in [0.1, 0.15) is 48.6 Å². The number of fused-ring (bicyclic) bond motifs is 1. The van der Waals surface area contributed by atoms with E-state index in [0.29, 0.717) is 80.5 Å². The summed E-state index contributed by atoms with van der Waals surface area (Å²) in [6, 6.07) is 3.34. The molecule has 4 heterocycles. The lowest BCUT2D eigenvalue weighted by Gasteiger charge is -2.26. The molecular formula is C24H32N10O3. The van der Waals surface area contributed by atoms with Gasteiger partial charge in [0, 0.05) is 32.2 Å². The van der Waals surface area contributed by atoms with E-state index in [-0.39, 0.29) is 5.91 Å². The summed E-state index contributed by atoms with van der Waals surface area (Å²) in [5.74, 6) is 0.904. The van der Waals surface area contributed by atoms with E-state index >= 15 is 0 Å². The summed E-state index contributed by atoms with van der Waals surface area (Å²) in [6.45, 7) is 3.23. The number of rotatable bonds is 9. The summed E-state index contributed by atoms with van der Waals surface area (Å²) in [6.07, 6.45) is 8.71. The predicted octanol–water partition coefficient (Wildman–Crippen LogP) is 2.02. The van der Waals surface area contributed by atoms with Crippen molar-refractivity contribution in [1.82, 2.24) is 34.7 Å². The van der Waals surface area contributed by atoms with Crippen LogP contribution in [0.25, 0.3) is 11.2 Å². The van der Waals surface area contributed by atoms with Gasteiger partial charge < -0.3 is 35.9 Å². The minimum atomic E-state index is -0.545. The number of hydrogen-bond acceptors (Lipinski definition) is 9. The van der Waals surface area contributed by atoms with Gasteiger partial charge in [-0.25, -0.2) is 14.8 Å². The van der Waals surface area contributed by atoms with Crippen LogP contribution in [-0.4, -0.2) is 80.7 Å². The van der Waals surface area contributed by atoms with Gasteiger partial charge in [-0.3, -0.25) is 4.79 Å². The molecule has 2 aliphatic rings. The third-order valence-electron chi connectivity index (χ3n) is 6.62. The number of hydrogen-bond donors (Lipinski definition) is 4. The Morgan fingerprint density at radius 2 is 1.89 bits per heavy atom. The number of primary amides is 1. The molecule has 37 heavy (non-hydrogen) atoms. The van der Waals surface area contributed by atoms with Gasteiger partial charge in [0.15, 0.2) is 17.0 Å². The predicted molar refractivity (Wildman–Crippen MR) is 138 cm³/mol. The number of urea groups is 1. The molecule has 0 atom stereocenters. The highest BCUT2D eigenvalue weighted by molar-refractivity contribution is 5.93. The number of nitrogens with two attached hydrogens (primary N) is 1. The average Bonchev–Trinajstić information content (AvgIpc) is 3.59. The second-order valence-electron chi connectivity index (χ2n) is 9.19. The van der Waals surface area contributed by atoms with Crippen LogP contribution in [0.3, 0.4) is 0 Å². The van der Waals surface area contributed by atoms with E-state index in [2.05, 4.69) is 35.5 Å². The molecule has 2 fully saturated rings. The number of pyridine rings is 1. The molecule has 1 aliphatic carbocycles. The normalized spacial score (nSPS) is 16.2. The highest BCUT2D eigenvalue weighted by Gasteiger charge is 2.23. The summed E-state index contributed by atoms with van der Waals surface area (Å²) >= 11 is 0. The van der Waals surface area contributed by atoms with Crippen molar-refractivity contribution in [2.45, 2.75) is 38.1 Å². The first kappa shape index (κ1) is 24.7. The number of nitrogens with zero attached hydrogens (tertiary/aromatic N) is 6. The van der Waals surface area contributed by atoms with Crippen LogP contribution in [0, 0.1) is 0 Å². The van der Waals surface area contributed by atoms with Crippen molar-refractivity contribution in [2.75, 3.05) is 50.0 Å². The first-order valence-corrected chi connectivity index (χ1v) is 12.7. The van der Waals surface area contributed by atoms with Gasteiger partial charge in [0.2, 0.25) is 5.95 Å². The third-order valence-corrected chi connectivity index (χ3v) is 6.62. The first-order valence-electron chi connectivity index (χ1n) is 12.7. The van der Waals surface area contributed by atoms with Gasteiger partial charge in [-0.05, 0) is 31.4 Å². The fraction of sp³-hybridized carbons (Fsp3) is 0.500. The molecule has 1 aliphatic heterocycles. The van der Waals surface area contributed by atoms with Gasteiger partial charge in [-0.15, -0.1) is 0 Å². The molecule has 0 spiro atoms. The van der Waals surface area contributed by atoms with Gasteiger partial charge in [0.1, 0.15) is 5.69 Å². The van der Waals surface area contributed by atoms with Crippen molar-refractivity contribution in [2.24, 2.45) is 5.73 Å². The lowest BCUT2D eigenvalue weighted by Crippen LogP contribution is -2.41. The van der Waals surface area contributed by atoms with E-state index in [1.807, 2.05) is 12.4 Å². The highest BCUT2D eigenvalue weighted by atomic mass is 16.5. The van der Waals surface area contributed by atoms with E-state index in [1.165, 1.54) is 12.8 Å². The molecule has 0 aromatic carbocycles. The molecule has 196 valence electrons. The molecule has 0 bridgehead atoms. The Morgan fingerprint density at radius 3 is 2.62 bits per heavy atom. The lowest BCUT2D eigenvalue weighted by molar-refractivity contribution is 0.0299. The van der Waals surface area contributed by atoms with Crippen molar-refractivity contribution in [3.05, 3.63) is 30.4 Å². The Bertz CT molecular complexity index is 1230. The van der Waals surface area contributed by atoms with E-state index in [0.717, 1.165) is 18.5 Å². The van der Waals surface area contributed by atoms with Gasteiger partial charge in [0.05, 0.1) is 31.4 Å². The largest absolute Gasteiger partial charge is 0.378 e. The Kier molecular flexibility index (Phi) is 7.59. The van der Waals surface area contributed by atoms with Gasteiger partial charge >= 0.3 is 6.03 Å². The second kappa shape index (κ2) is 11.4. The van der Waals surface area contributed by atoms with Crippen LogP contribution in [0.2, 0.25) is 0 Å². The van der Waals surface area contributed by atoms with Crippen LogP contribution < -0.4 is 21.7 Å². The number of carbonyl (C=O) groups is 2. The van der Waals surface area contributed by atoms with Crippen molar-refractivity contribution in [3.8, 4) is 0 Å². The Balaban J connectivity index is 1.35. The number of imidazole rings is 1. The topological polar surface area (TPSA) is 165 Å². The van der Waals surface area contributed by atoms with Gasteiger partial charge in [-0.1, -0.05) is 12.8 Å². The van der Waals surface area contributed by atoms with Crippen LogP contribution in [0.4, 0.5) is 22.2 Å². The molecular weight excluding hydrogens is 476 g/mol. The second-order valence-corrected chi connectivity index (χ2v) is 9.19. The van der Waals surface area contributed by atoms with Crippen molar-refractivity contribution < 1.29 is 14.3 Å². The van der Waals surface area contributed by atoms with Crippen LogP contribution in [0.15, 0.2) is 24.7 Å². The van der Waals surface area contributed by atoms with E-state index in [4.69, 9.17) is 15.5 Å². The lowest BCUT2D eigenvalue weighted by atomic mass is 10.2. The minimum absolute atomic E-state index is 0.105. The molecule has 5 N–H and O–H groups in total. The maximum Gasteiger partial charge on any atom is 0.312 e. The van der Waals surface area contributed by atoms with E-state index < -0.39 is 6.03 Å². The average molecular weight is 509 g/mol. The quantitative estimate of drug-likeness (QED) is 0.316. The first-order chi connectivity index (χ1) is 18.1. The number of nitrogens with one attached hydrogen (secondary N) is 3. The van der Waals surface area contributed by atoms with Crippen LogP contribution in [-0.2, 0) is 4.74 Å². The molecule has 3 amide bonds. The zero-order chi connectivity index (χ0) is 25.6. The SMILES string of the molecule is NC(=O)NCCCNc1nc(Nc2ccc(C(=O)N3CCOCC3)nc2)c2ncn(C3CCCC3)c2n1. The molecule has 1 saturated heterocycles. The summed E-state index contributed by atoms with van der Waals surface area (Å²) in [7, 11) is 0. The Labute approximate surface area is 214 Å². The van der Waals surface area contributed by atoms with Crippen LogP contribution in [0.5, 0.6) is 0 Å². The number of anilines is 3. The Hall–Kier alpha value is -4.00. The fourth-order valence-electron chi connectivity index (χ4n) is 4.69. The maximum absolute atomic E-state index is 12.7. The third kappa shape index (κ3) is 5.88. The standard InChI is InChI=1S/C24H32N10O3/c25-23(36)26-8-3-9-27-24-31-20(19-21(32-24)34(15-29-19)17-4-1-2-5-17)30-16-6-7-18(28-14-16)22(35)33-10-12-37-13-11-33/h6-7,14-15,17H,1-5,8-13H2,(H3,25,26,36)(H2,27,30,31,32). The number of carbonyl (C=O) groups excluding carboxylic acids is 2. The molecule has 13 heteroatoms. The monoisotopic (exact) mass is 508 g/mol. The zero-order valence-corrected chi connectivity index (χ0v) is 20.7. The summed E-state index contributed by atoms with van der Waals surface area (Å²) < 4.78 is 7.46. The summed E-state index contributed by atoms with van der Waals surface area (Å²) in [5.41, 5.74) is 7.62. The molecule has 5 rings (SSSR count). The van der Waals surface area contributed by atoms with Gasteiger partial charge in [0.25, 0.3) is 5.91 Å². The summed E-state index contributed by atoms with van der Waals surface area (Å²) in [5, 5.41) is 9.11. The van der Waals surface area contributed by atoms with Crippen molar-refractivity contribution in [1.29, 1.82) is 0 Å². The number of ether oxygens (including phenoxy) is 1. The Morgan fingerprint density at radius 1 is 1.08 bits per heavy atom. The van der Waals surface area contributed by atoms with E-state index in [1.54, 1.807) is 17.2 Å². The molecule has 0 radical (unpaired) electrons.